The highest BCUT2D eigenvalue weighted by atomic mass is 35.5. The maximum absolute atomic E-state index is 12.9. The van der Waals surface area contributed by atoms with Crippen LogP contribution in [0.25, 0.3) is 0 Å². The summed E-state index contributed by atoms with van der Waals surface area (Å²) >= 11 is 12.0. The molecule has 0 aliphatic heterocycles. The molecule has 0 bridgehead atoms. The van der Waals surface area contributed by atoms with Gasteiger partial charge in [0.2, 0.25) is 0 Å². The molecule has 7 heteroatoms. The number of anilines is 3. The van der Waals surface area contributed by atoms with Gasteiger partial charge in [-0.1, -0.05) is 23.2 Å². The van der Waals surface area contributed by atoms with Crippen LogP contribution < -0.4 is 10.6 Å². The zero-order chi connectivity index (χ0) is 16.7. The summed E-state index contributed by atoms with van der Waals surface area (Å²) in [7, 11) is 1.60. The zero-order valence-electron chi connectivity index (χ0n) is 11.8. The third kappa shape index (κ3) is 3.42. The van der Waals surface area contributed by atoms with Gasteiger partial charge in [-0.3, -0.25) is 0 Å². The molecule has 0 unspecified atom stereocenters. The van der Waals surface area contributed by atoms with Gasteiger partial charge in [0.1, 0.15) is 0 Å². The molecule has 0 fully saturated rings. The van der Waals surface area contributed by atoms with Crippen LogP contribution >= 0.6 is 23.2 Å². The Labute approximate surface area is 136 Å². The van der Waals surface area contributed by atoms with Crippen LogP contribution in [0.3, 0.4) is 0 Å². The lowest BCUT2D eigenvalue weighted by molar-refractivity contribution is -0.137. The predicted octanol–water partition coefficient (Wildman–Crippen LogP) is 5.67. The maximum Gasteiger partial charge on any atom is 0.416 e. The van der Waals surface area contributed by atoms with Gasteiger partial charge in [-0.05, 0) is 42.8 Å². The van der Waals surface area contributed by atoms with Crippen LogP contribution in [0, 0.1) is 6.92 Å². The highest BCUT2D eigenvalue weighted by molar-refractivity contribution is 6.36. The summed E-state index contributed by atoms with van der Waals surface area (Å²) < 4.78 is 38.7. The molecule has 0 aliphatic rings. The van der Waals surface area contributed by atoms with Gasteiger partial charge in [0, 0.05) is 17.8 Å². The van der Waals surface area contributed by atoms with Crippen molar-refractivity contribution in [2.24, 2.45) is 0 Å². The van der Waals surface area contributed by atoms with Gasteiger partial charge in [0.05, 0.1) is 22.0 Å². The van der Waals surface area contributed by atoms with Crippen LogP contribution in [0.1, 0.15) is 11.1 Å². The number of aryl methyl sites for hydroxylation is 1. The van der Waals surface area contributed by atoms with Crippen LogP contribution in [-0.2, 0) is 6.18 Å². The van der Waals surface area contributed by atoms with E-state index in [0.29, 0.717) is 11.4 Å². The van der Waals surface area contributed by atoms with Crippen molar-refractivity contribution >= 4 is 40.3 Å². The number of halogens is 5. The van der Waals surface area contributed by atoms with Crippen molar-refractivity contribution in [3.05, 3.63) is 51.5 Å². The van der Waals surface area contributed by atoms with Gasteiger partial charge in [-0.2, -0.15) is 13.2 Å². The molecule has 2 aromatic rings. The normalized spacial score (nSPS) is 11.6. The number of hydrogen-bond acceptors (Lipinski definition) is 2. The second kappa shape index (κ2) is 5.89. The number of rotatable bonds is 2. The Morgan fingerprint density at radius 2 is 1.68 bits per heavy atom. The molecular formula is C15H13Cl2F3N2. The number of nitrogens with two attached hydrogens (primary N) is 1. The van der Waals surface area contributed by atoms with E-state index in [1.807, 2.05) is 6.92 Å². The first-order chi connectivity index (χ1) is 10.1. The van der Waals surface area contributed by atoms with Gasteiger partial charge >= 0.3 is 6.18 Å². The summed E-state index contributed by atoms with van der Waals surface area (Å²) in [6.07, 6.45) is -4.48. The Bertz CT molecular complexity index is 715. The van der Waals surface area contributed by atoms with Crippen LogP contribution in [0.15, 0.2) is 30.3 Å². The molecule has 0 aliphatic carbocycles. The molecule has 0 amide bonds. The van der Waals surface area contributed by atoms with E-state index in [0.717, 1.165) is 17.7 Å². The number of alkyl halides is 3. The van der Waals surface area contributed by atoms with Gasteiger partial charge in [0.15, 0.2) is 0 Å². The SMILES string of the molecule is Cc1cc(N)c(Cl)c(N(C)c2cc(Cl)cc(C(F)(F)F)c2)c1. The molecule has 2 aromatic carbocycles. The Morgan fingerprint density at radius 1 is 1.05 bits per heavy atom. The lowest BCUT2D eigenvalue weighted by Gasteiger charge is -2.23. The molecule has 22 heavy (non-hydrogen) atoms. The fourth-order valence-corrected chi connectivity index (χ4v) is 2.56. The molecule has 0 radical (unpaired) electrons. The first-order valence-corrected chi connectivity index (χ1v) is 7.02. The molecule has 0 heterocycles. The third-order valence-electron chi connectivity index (χ3n) is 3.18. The number of benzene rings is 2. The predicted molar refractivity (Wildman–Crippen MR) is 85.1 cm³/mol. The van der Waals surface area contributed by atoms with Crippen LogP contribution in [0.2, 0.25) is 10.0 Å². The average molecular weight is 349 g/mol. The molecular weight excluding hydrogens is 336 g/mol. The molecule has 0 atom stereocenters. The summed E-state index contributed by atoms with van der Waals surface area (Å²) in [5.74, 6) is 0. The highest BCUT2D eigenvalue weighted by Crippen LogP contribution is 2.39. The summed E-state index contributed by atoms with van der Waals surface area (Å²) in [5.41, 5.74) is 6.97. The summed E-state index contributed by atoms with van der Waals surface area (Å²) in [6, 6.07) is 6.77. The van der Waals surface area contributed by atoms with E-state index in [-0.39, 0.29) is 15.7 Å². The van der Waals surface area contributed by atoms with E-state index in [4.69, 9.17) is 28.9 Å². The Hall–Kier alpha value is -1.59. The summed E-state index contributed by atoms with van der Waals surface area (Å²) in [6.45, 7) is 1.82. The Kier molecular flexibility index (Phi) is 4.49. The molecule has 0 spiro atoms. The van der Waals surface area contributed by atoms with Gasteiger partial charge < -0.3 is 10.6 Å². The third-order valence-corrected chi connectivity index (χ3v) is 3.81. The van der Waals surface area contributed by atoms with Crippen LogP contribution in [-0.4, -0.2) is 7.05 Å². The van der Waals surface area contributed by atoms with Crippen molar-refractivity contribution in [2.75, 3.05) is 17.7 Å². The maximum atomic E-state index is 12.9. The number of hydrogen-bond donors (Lipinski definition) is 1. The van der Waals surface area contributed by atoms with Crippen molar-refractivity contribution in [1.82, 2.24) is 0 Å². The number of nitrogen functional groups attached to an aromatic ring is 1. The standard InChI is InChI=1S/C15H13Cl2F3N2/c1-8-3-12(21)14(17)13(4-8)22(2)11-6-9(15(18,19)20)5-10(16)7-11/h3-7H,21H2,1-2H3. The quantitative estimate of drug-likeness (QED) is 0.708. The largest absolute Gasteiger partial charge is 0.416 e. The molecule has 118 valence electrons. The van der Waals surface area contributed by atoms with E-state index >= 15 is 0 Å². The molecule has 0 aromatic heterocycles. The Morgan fingerprint density at radius 3 is 2.27 bits per heavy atom. The van der Waals surface area contributed by atoms with E-state index in [9.17, 15) is 13.2 Å². The summed E-state index contributed by atoms with van der Waals surface area (Å²) in [5, 5.41) is 0.273. The average Bonchev–Trinajstić information content (AvgIpc) is 2.40. The first-order valence-electron chi connectivity index (χ1n) is 6.26. The summed E-state index contributed by atoms with van der Waals surface area (Å²) in [4.78, 5) is 1.52. The second-order valence-corrected chi connectivity index (χ2v) is 5.76. The van der Waals surface area contributed by atoms with E-state index in [2.05, 4.69) is 0 Å². The van der Waals surface area contributed by atoms with Crippen molar-refractivity contribution in [3.63, 3.8) is 0 Å². The van der Waals surface area contributed by atoms with Crippen LogP contribution in [0.4, 0.5) is 30.2 Å². The fraction of sp³-hybridized carbons (Fsp3) is 0.200. The molecule has 0 saturated carbocycles. The minimum Gasteiger partial charge on any atom is -0.397 e. The van der Waals surface area contributed by atoms with Gasteiger partial charge in [0.25, 0.3) is 0 Å². The van der Waals surface area contributed by atoms with E-state index in [1.165, 1.54) is 11.0 Å². The van der Waals surface area contributed by atoms with E-state index in [1.54, 1.807) is 19.2 Å². The minimum absolute atomic E-state index is 0.00609. The highest BCUT2D eigenvalue weighted by Gasteiger charge is 2.31. The van der Waals surface area contributed by atoms with Gasteiger partial charge in [-0.25, -0.2) is 0 Å². The number of nitrogens with zero attached hydrogens (tertiary/aromatic N) is 1. The molecule has 2 N–H and O–H groups in total. The van der Waals surface area contributed by atoms with Crippen molar-refractivity contribution < 1.29 is 13.2 Å². The van der Waals surface area contributed by atoms with Crippen LogP contribution in [0.5, 0.6) is 0 Å². The molecule has 2 nitrogen and oxygen atoms in total. The fourth-order valence-electron chi connectivity index (χ4n) is 2.09. The first kappa shape index (κ1) is 16.8. The van der Waals surface area contributed by atoms with Crippen molar-refractivity contribution in [1.29, 1.82) is 0 Å². The van der Waals surface area contributed by atoms with E-state index < -0.39 is 11.7 Å². The van der Waals surface area contributed by atoms with Crippen molar-refractivity contribution in [2.45, 2.75) is 13.1 Å². The van der Waals surface area contributed by atoms with Gasteiger partial charge in [-0.15, -0.1) is 0 Å². The molecule has 0 saturated heterocycles. The minimum atomic E-state index is -4.48. The lowest BCUT2D eigenvalue weighted by atomic mass is 10.1. The smallest absolute Gasteiger partial charge is 0.397 e. The lowest BCUT2D eigenvalue weighted by Crippen LogP contribution is -2.13. The second-order valence-electron chi connectivity index (χ2n) is 4.94. The Balaban J connectivity index is 2.55. The monoisotopic (exact) mass is 348 g/mol. The zero-order valence-corrected chi connectivity index (χ0v) is 13.3. The topological polar surface area (TPSA) is 29.3 Å². The van der Waals surface area contributed by atoms with Crippen molar-refractivity contribution in [3.8, 4) is 0 Å². The molecule has 2 rings (SSSR count).